The molecule has 20 heavy (non-hydrogen) atoms. The Hall–Kier alpha value is -1.24. The van der Waals surface area contributed by atoms with Gasteiger partial charge < -0.3 is 5.32 Å². The smallest absolute Gasteiger partial charge is 0.194 e. The fourth-order valence-corrected chi connectivity index (χ4v) is 3.31. The summed E-state index contributed by atoms with van der Waals surface area (Å²) in [6, 6.07) is 4.72. The van der Waals surface area contributed by atoms with Crippen molar-refractivity contribution in [2.45, 2.75) is 20.0 Å². The largest absolute Gasteiger partial charge is 0.307 e. The molecule has 0 aliphatic carbocycles. The van der Waals surface area contributed by atoms with E-state index >= 15 is 0 Å². The van der Waals surface area contributed by atoms with Gasteiger partial charge in [-0.3, -0.25) is 4.40 Å². The van der Waals surface area contributed by atoms with Crippen LogP contribution >= 0.6 is 27.3 Å². The van der Waals surface area contributed by atoms with E-state index in [1.54, 1.807) is 23.5 Å². The molecule has 0 amide bonds. The summed E-state index contributed by atoms with van der Waals surface area (Å²) >= 11 is 5.06. The average Bonchev–Trinajstić information content (AvgIpc) is 2.96. The molecule has 0 unspecified atom stereocenters. The van der Waals surface area contributed by atoms with Gasteiger partial charge in [-0.15, -0.1) is 11.3 Å². The van der Waals surface area contributed by atoms with Gasteiger partial charge in [0.25, 0.3) is 0 Å². The summed E-state index contributed by atoms with van der Waals surface area (Å²) in [7, 11) is 0. The van der Waals surface area contributed by atoms with Crippen LogP contribution < -0.4 is 5.32 Å². The summed E-state index contributed by atoms with van der Waals surface area (Å²) in [5, 5.41) is 5.36. The Morgan fingerprint density at radius 2 is 2.25 bits per heavy atom. The topological polar surface area (TPSA) is 29.3 Å². The van der Waals surface area contributed by atoms with Crippen molar-refractivity contribution in [2.75, 3.05) is 0 Å². The number of halogens is 2. The van der Waals surface area contributed by atoms with E-state index in [0.717, 1.165) is 26.4 Å². The van der Waals surface area contributed by atoms with Gasteiger partial charge in [-0.05, 0) is 30.7 Å². The van der Waals surface area contributed by atoms with Gasteiger partial charge >= 0.3 is 0 Å². The van der Waals surface area contributed by atoms with Crippen molar-refractivity contribution in [3.05, 3.63) is 57.0 Å². The molecule has 3 rings (SSSR count). The summed E-state index contributed by atoms with van der Waals surface area (Å²) in [4.78, 5) is 5.51. The number of imidazole rings is 1. The van der Waals surface area contributed by atoms with E-state index in [0.29, 0.717) is 13.1 Å². The zero-order valence-corrected chi connectivity index (χ0v) is 13.3. The van der Waals surface area contributed by atoms with Crippen molar-refractivity contribution in [2.24, 2.45) is 0 Å². The van der Waals surface area contributed by atoms with Gasteiger partial charge in [0.2, 0.25) is 0 Å². The molecule has 2 aromatic heterocycles. The van der Waals surface area contributed by atoms with E-state index in [-0.39, 0.29) is 5.82 Å². The Morgan fingerprint density at radius 3 is 3.10 bits per heavy atom. The molecule has 6 heteroatoms. The second-order valence-electron chi connectivity index (χ2n) is 4.54. The molecular formula is C14H13BrFN3S. The van der Waals surface area contributed by atoms with E-state index < -0.39 is 0 Å². The normalized spacial score (nSPS) is 11.3. The minimum atomic E-state index is -0.217. The predicted molar refractivity (Wildman–Crippen MR) is 82.4 cm³/mol. The highest BCUT2D eigenvalue weighted by atomic mass is 79.9. The molecular weight excluding hydrogens is 341 g/mol. The molecule has 0 atom stereocenters. The minimum Gasteiger partial charge on any atom is -0.307 e. The molecule has 0 saturated carbocycles. The van der Waals surface area contributed by atoms with E-state index in [1.807, 2.05) is 18.5 Å². The van der Waals surface area contributed by atoms with Crippen molar-refractivity contribution in [1.29, 1.82) is 0 Å². The van der Waals surface area contributed by atoms with Crippen LogP contribution in [0.4, 0.5) is 4.39 Å². The summed E-state index contributed by atoms with van der Waals surface area (Å²) < 4.78 is 16.2. The molecule has 104 valence electrons. The SMILES string of the molecule is Cc1nc2sccn2c1CNCc1cc(F)ccc1Br. The van der Waals surface area contributed by atoms with Crippen LogP contribution in [-0.2, 0) is 13.1 Å². The summed E-state index contributed by atoms with van der Waals surface area (Å²) in [5.41, 5.74) is 3.09. The highest BCUT2D eigenvalue weighted by molar-refractivity contribution is 9.10. The molecule has 0 radical (unpaired) electrons. The maximum Gasteiger partial charge on any atom is 0.194 e. The maximum atomic E-state index is 13.2. The first kappa shape index (κ1) is 13.7. The molecule has 1 N–H and O–H groups in total. The first-order valence-electron chi connectivity index (χ1n) is 6.21. The molecule has 2 heterocycles. The number of hydrogen-bond acceptors (Lipinski definition) is 3. The van der Waals surface area contributed by atoms with Crippen LogP contribution in [0, 0.1) is 12.7 Å². The van der Waals surface area contributed by atoms with Crippen LogP contribution in [0.25, 0.3) is 4.96 Å². The van der Waals surface area contributed by atoms with Crippen LogP contribution in [0.15, 0.2) is 34.2 Å². The van der Waals surface area contributed by atoms with Crippen molar-refractivity contribution in [1.82, 2.24) is 14.7 Å². The lowest BCUT2D eigenvalue weighted by atomic mass is 10.2. The Morgan fingerprint density at radius 1 is 1.40 bits per heavy atom. The molecule has 1 aromatic carbocycles. The van der Waals surface area contributed by atoms with Crippen molar-refractivity contribution in [3.63, 3.8) is 0 Å². The minimum absolute atomic E-state index is 0.217. The second-order valence-corrected chi connectivity index (χ2v) is 6.27. The average molecular weight is 354 g/mol. The number of rotatable bonds is 4. The van der Waals surface area contributed by atoms with Crippen LogP contribution in [0.1, 0.15) is 17.0 Å². The lowest BCUT2D eigenvalue weighted by Crippen LogP contribution is -2.15. The predicted octanol–water partition coefficient (Wildman–Crippen LogP) is 3.90. The van der Waals surface area contributed by atoms with E-state index in [2.05, 4.69) is 30.6 Å². The fraction of sp³-hybridized carbons (Fsp3) is 0.214. The number of hydrogen-bond donors (Lipinski definition) is 1. The molecule has 0 aliphatic rings. The number of aryl methyl sites for hydroxylation is 1. The lowest BCUT2D eigenvalue weighted by molar-refractivity contribution is 0.617. The second kappa shape index (κ2) is 5.63. The van der Waals surface area contributed by atoms with Crippen LogP contribution in [0.3, 0.4) is 0 Å². The number of fused-ring (bicyclic) bond motifs is 1. The molecule has 0 saturated heterocycles. The summed E-state index contributed by atoms with van der Waals surface area (Å²) in [6.07, 6.45) is 2.02. The van der Waals surface area contributed by atoms with Gasteiger partial charge in [0, 0.05) is 29.1 Å². The van der Waals surface area contributed by atoms with Crippen LogP contribution in [-0.4, -0.2) is 9.38 Å². The first-order valence-corrected chi connectivity index (χ1v) is 7.88. The third-order valence-electron chi connectivity index (χ3n) is 3.18. The van der Waals surface area contributed by atoms with Crippen LogP contribution in [0.2, 0.25) is 0 Å². The van der Waals surface area contributed by atoms with Crippen molar-refractivity contribution >= 4 is 32.2 Å². The summed E-state index contributed by atoms with van der Waals surface area (Å²) in [5.74, 6) is -0.217. The lowest BCUT2D eigenvalue weighted by Gasteiger charge is -2.07. The maximum absolute atomic E-state index is 13.2. The monoisotopic (exact) mass is 353 g/mol. The molecule has 3 aromatic rings. The van der Waals surface area contributed by atoms with Gasteiger partial charge in [0.1, 0.15) is 5.82 Å². The molecule has 0 spiro atoms. The third-order valence-corrected chi connectivity index (χ3v) is 4.71. The van der Waals surface area contributed by atoms with Gasteiger partial charge in [0.15, 0.2) is 4.96 Å². The van der Waals surface area contributed by atoms with E-state index in [1.165, 1.54) is 6.07 Å². The summed E-state index contributed by atoms with van der Waals surface area (Å²) in [6.45, 7) is 3.32. The molecule has 3 nitrogen and oxygen atoms in total. The van der Waals surface area contributed by atoms with E-state index in [9.17, 15) is 4.39 Å². The number of thiazole rings is 1. The highest BCUT2D eigenvalue weighted by Crippen LogP contribution is 2.19. The Bertz CT molecular complexity index is 750. The quantitative estimate of drug-likeness (QED) is 0.770. The Kier molecular flexibility index (Phi) is 3.87. The number of aromatic nitrogens is 2. The van der Waals surface area contributed by atoms with Gasteiger partial charge in [-0.2, -0.15) is 0 Å². The van der Waals surface area contributed by atoms with Crippen molar-refractivity contribution < 1.29 is 4.39 Å². The Labute approximate surface area is 128 Å². The highest BCUT2D eigenvalue weighted by Gasteiger charge is 2.09. The number of benzene rings is 1. The zero-order valence-electron chi connectivity index (χ0n) is 10.9. The fourth-order valence-electron chi connectivity index (χ4n) is 2.15. The van der Waals surface area contributed by atoms with Crippen molar-refractivity contribution in [3.8, 4) is 0 Å². The van der Waals surface area contributed by atoms with Gasteiger partial charge in [0.05, 0.1) is 11.4 Å². The van der Waals surface area contributed by atoms with Gasteiger partial charge in [-0.1, -0.05) is 15.9 Å². The van der Waals surface area contributed by atoms with E-state index in [4.69, 9.17) is 0 Å². The number of nitrogens with one attached hydrogen (secondary N) is 1. The molecule has 0 bridgehead atoms. The number of nitrogens with zero attached hydrogens (tertiary/aromatic N) is 2. The zero-order chi connectivity index (χ0) is 14.1. The first-order chi connectivity index (χ1) is 9.65. The standard InChI is InChI=1S/C14H13BrFN3S/c1-9-13(19-4-5-20-14(19)18-9)8-17-7-10-6-11(16)2-3-12(10)15/h2-6,17H,7-8H2,1H3. The van der Waals surface area contributed by atoms with Gasteiger partial charge in [-0.25, -0.2) is 9.37 Å². The Balaban J connectivity index is 1.72. The van der Waals surface area contributed by atoms with Crippen LogP contribution in [0.5, 0.6) is 0 Å². The molecule has 0 aliphatic heterocycles. The molecule has 0 fully saturated rings. The third kappa shape index (κ3) is 2.63.